The second-order valence-corrected chi connectivity index (χ2v) is 5.91. The fraction of sp³-hybridized carbons (Fsp3) is 0.278. The Balaban J connectivity index is 1.78. The standard InChI is InChI=1S/C18H15F3N2O/c19-18(20,21)17-14-4-1-2-5-15(14)23(22-17)13-9-7-12(8-10-13)16-6-3-11-24-16/h3,6-11H,1-2,4-5H2. The Labute approximate surface area is 136 Å². The molecule has 3 aromatic rings. The maximum absolute atomic E-state index is 13.3. The molecule has 2 aromatic heterocycles. The van der Waals surface area contributed by atoms with E-state index in [1.54, 1.807) is 24.5 Å². The van der Waals surface area contributed by atoms with E-state index in [1.807, 2.05) is 18.2 Å². The van der Waals surface area contributed by atoms with Crippen LogP contribution < -0.4 is 0 Å². The highest BCUT2D eigenvalue weighted by Gasteiger charge is 2.39. The summed E-state index contributed by atoms with van der Waals surface area (Å²) in [6, 6.07) is 10.9. The van der Waals surface area contributed by atoms with Gasteiger partial charge in [0.25, 0.3) is 0 Å². The molecule has 0 bridgehead atoms. The van der Waals surface area contributed by atoms with Crippen molar-refractivity contribution in [2.45, 2.75) is 31.9 Å². The lowest BCUT2D eigenvalue weighted by atomic mass is 9.95. The Hall–Kier alpha value is -2.50. The van der Waals surface area contributed by atoms with Crippen molar-refractivity contribution in [2.24, 2.45) is 0 Å². The lowest BCUT2D eigenvalue weighted by Crippen LogP contribution is -2.11. The lowest BCUT2D eigenvalue weighted by Gasteiger charge is -2.14. The summed E-state index contributed by atoms with van der Waals surface area (Å²) >= 11 is 0. The van der Waals surface area contributed by atoms with Gasteiger partial charge in [-0.05, 0) is 62.1 Å². The van der Waals surface area contributed by atoms with Crippen molar-refractivity contribution in [2.75, 3.05) is 0 Å². The van der Waals surface area contributed by atoms with E-state index in [1.165, 1.54) is 4.68 Å². The van der Waals surface area contributed by atoms with Crippen molar-refractivity contribution >= 4 is 0 Å². The third-order valence-electron chi connectivity index (χ3n) is 4.37. The van der Waals surface area contributed by atoms with Crippen LogP contribution in [0.5, 0.6) is 0 Å². The fourth-order valence-electron chi connectivity index (χ4n) is 3.25. The van der Waals surface area contributed by atoms with Crippen LogP contribution in [0.2, 0.25) is 0 Å². The summed E-state index contributed by atoms with van der Waals surface area (Å²) in [5, 5.41) is 3.89. The van der Waals surface area contributed by atoms with Gasteiger partial charge in [-0.15, -0.1) is 0 Å². The summed E-state index contributed by atoms with van der Waals surface area (Å²) in [6.07, 6.45) is -0.101. The molecule has 1 aromatic carbocycles. The zero-order chi connectivity index (χ0) is 16.7. The maximum atomic E-state index is 13.3. The first-order chi connectivity index (χ1) is 11.5. The number of halogens is 3. The second kappa shape index (κ2) is 5.54. The highest BCUT2D eigenvalue weighted by atomic mass is 19.4. The molecule has 1 aliphatic rings. The molecule has 0 radical (unpaired) electrons. The first kappa shape index (κ1) is 15.1. The van der Waals surface area contributed by atoms with E-state index in [2.05, 4.69) is 5.10 Å². The monoisotopic (exact) mass is 332 g/mol. The van der Waals surface area contributed by atoms with Crippen LogP contribution in [0.4, 0.5) is 13.2 Å². The summed E-state index contributed by atoms with van der Waals surface area (Å²) in [7, 11) is 0. The Bertz CT molecular complexity index is 846. The third kappa shape index (κ3) is 2.52. The minimum Gasteiger partial charge on any atom is -0.464 e. The summed E-state index contributed by atoms with van der Waals surface area (Å²) in [5.74, 6) is 0.722. The SMILES string of the molecule is FC(F)(F)c1nn(-c2ccc(-c3ccco3)cc2)c2c1CCCC2. The third-order valence-corrected chi connectivity index (χ3v) is 4.37. The predicted octanol–water partition coefficient (Wildman–Crippen LogP) is 5.03. The molecule has 4 rings (SSSR count). The van der Waals surface area contributed by atoms with Crippen molar-refractivity contribution in [3.63, 3.8) is 0 Å². The van der Waals surface area contributed by atoms with E-state index >= 15 is 0 Å². The summed E-state index contributed by atoms with van der Waals surface area (Å²) in [5.41, 5.74) is 1.80. The van der Waals surface area contributed by atoms with Crippen molar-refractivity contribution < 1.29 is 17.6 Å². The van der Waals surface area contributed by atoms with E-state index in [0.717, 1.165) is 24.2 Å². The molecule has 1 aliphatic carbocycles. The van der Waals surface area contributed by atoms with Gasteiger partial charge in [0.05, 0.1) is 12.0 Å². The second-order valence-electron chi connectivity index (χ2n) is 5.91. The van der Waals surface area contributed by atoms with Gasteiger partial charge in [0, 0.05) is 16.8 Å². The molecule has 124 valence electrons. The Morgan fingerprint density at radius 1 is 1.00 bits per heavy atom. The molecule has 0 spiro atoms. The van der Waals surface area contributed by atoms with Crippen LogP contribution in [0.15, 0.2) is 47.1 Å². The molecule has 24 heavy (non-hydrogen) atoms. The molecule has 0 atom stereocenters. The zero-order valence-electron chi connectivity index (χ0n) is 12.8. The number of benzene rings is 1. The first-order valence-electron chi connectivity index (χ1n) is 7.86. The average Bonchev–Trinajstić information content (AvgIpc) is 3.22. The van der Waals surface area contributed by atoms with E-state index in [0.29, 0.717) is 29.8 Å². The van der Waals surface area contributed by atoms with Crippen molar-refractivity contribution in [1.29, 1.82) is 0 Å². The molecule has 0 aliphatic heterocycles. The topological polar surface area (TPSA) is 31.0 Å². The van der Waals surface area contributed by atoms with Crippen molar-refractivity contribution in [3.8, 4) is 17.0 Å². The van der Waals surface area contributed by atoms with Crippen molar-refractivity contribution in [1.82, 2.24) is 9.78 Å². The quantitative estimate of drug-likeness (QED) is 0.659. The minimum absolute atomic E-state index is 0.351. The van der Waals surface area contributed by atoms with Gasteiger partial charge in [-0.25, -0.2) is 4.68 Å². The number of hydrogen-bond acceptors (Lipinski definition) is 2. The number of rotatable bonds is 2. The van der Waals surface area contributed by atoms with Gasteiger partial charge < -0.3 is 4.42 Å². The molecular formula is C18H15F3N2O. The lowest BCUT2D eigenvalue weighted by molar-refractivity contribution is -0.142. The smallest absolute Gasteiger partial charge is 0.435 e. The van der Waals surface area contributed by atoms with Crippen LogP contribution in [-0.2, 0) is 19.0 Å². The molecule has 3 nitrogen and oxygen atoms in total. The van der Waals surface area contributed by atoms with Gasteiger partial charge in [-0.3, -0.25) is 0 Å². The van der Waals surface area contributed by atoms with E-state index in [9.17, 15) is 13.2 Å². The number of aromatic nitrogens is 2. The van der Waals surface area contributed by atoms with E-state index in [4.69, 9.17) is 4.42 Å². The minimum atomic E-state index is -4.42. The van der Waals surface area contributed by atoms with Gasteiger partial charge in [0.1, 0.15) is 5.76 Å². The van der Waals surface area contributed by atoms with Gasteiger partial charge in [0.15, 0.2) is 5.69 Å². The maximum Gasteiger partial charge on any atom is 0.435 e. The van der Waals surface area contributed by atoms with E-state index in [-0.39, 0.29) is 0 Å². The molecule has 0 amide bonds. The van der Waals surface area contributed by atoms with Gasteiger partial charge in [0.2, 0.25) is 0 Å². The van der Waals surface area contributed by atoms with Crippen LogP contribution in [0, 0.1) is 0 Å². The van der Waals surface area contributed by atoms with Crippen LogP contribution in [0.25, 0.3) is 17.0 Å². The number of hydrogen-bond donors (Lipinski definition) is 0. The van der Waals surface area contributed by atoms with Gasteiger partial charge in [-0.1, -0.05) is 0 Å². The highest BCUT2D eigenvalue weighted by Crippen LogP contribution is 2.37. The Kier molecular flexibility index (Phi) is 3.48. The molecule has 0 fully saturated rings. The molecule has 0 unspecified atom stereocenters. The van der Waals surface area contributed by atoms with Crippen LogP contribution >= 0.6 is 0 Å². The van der Waals surface area contributed by atoms with Crippen LogP contribution in [0.3, 0.4) is 0 Å². The number of fused-ring (bicyclic) bond motifs is 1. The highest BCUT2D eigenvalue weighted by molar-refractivity contribution is 5.59. The Morgan fingerprint density at radius 3 is 2.42 bits per heavy atom. The summed E-state index contributed by atoms with van der Waals surface area (Å²) in [4.78, 5) is 0. The fourth-order valence-corrected chi connectivity index (χ4v) is 3.25. The molecule has 2 heterocycles. The summed E-state index contributed by atoms with van der Waals surface area (Å²) in [6.45, 7) is 0. The summed E-state index contributed by atoms with van der Waals surface area (Å²) < 4.78 is 46.6. The molecule has 6 heteroatoms. The largest absolute Gasteiger partial charge is 0.464 e. The van der Waals surface area contributed by atoms with Crippen molar-refractivity contribution in [3.05, 3.63) is 59.6 Å². The molecule has 0 saturated heterocycles. The number of furan rings is 1. The zero-order valence-corrected chi connectivity index (χ0v) is 12.8. The Morgan fingerprint density at radius 2 is 1.75 bits per heavy atom. The normalized spacial score (nSPS) is 14.6. The van der Waals surface area contributed by atoms with Gasteiger partial charge in [-0.2, -0.15) is 18.3 Å². The molecule has 0 saturated carbocycles. The van der Waals surface area contributed by atoms with Crippen LogP contribution in [0.1, 0.15) is 29.8 Å². The van der Waals surface area contributed by atoms with Gasteiger partial charge >= 0.3 is 6.18 Å². The first-order valence-corrected chi connectivity index (χ1v) is 7.86. The number of nitrogens with zero attached hydrogens (tertiary/aromatic N) is 2. The average molecular weight is 332 g/mol. The molecule has 0 N–H and O–H groups in total. The predicted molar refractivity (Wildman–Crippen MR) is 82.9 cm³/mol. The molecular weight excluding hydrogens is 317 g/mol. The van der Waals surface area contributed by atoms with E-state index < -0.39 is 11.9 Å². The van der Waals surface area contributed by atoms with Crippen LogP contribution in [-0.4, -0.2) is 9.78 Å². The number of alkyl halides is 3.